The second kappa shape index (κ2) is 12.5. The van der Waals surface area contributed by atoms with E-state index in [4.69, 9.17) is 14.0 Å². The molecule has 2 aromatic carbocycles. The van der Waals surface area contributed by atoms with Gasteiger partial charge in [-0.05, 0) is 20.5 Å². The van der Waals surface area contributed by atoms with Crippen molar-refractivity contribution in [1.29, 1.82) is 0 Å². The monoisotopic (exact) mass is 619 g/mol. The van der Waals surface area contributed by atoms with Crippen molar-refractivity contribution in [3.8, 4) is 11.1 Å². The fourth-order valence-corrected chi connectivity index (χ4v) is 5.57. The fourth-order valence-electron chi connectivity index (χ4n) is 4.62. The second-order valence-corrected chi connectivity index (χ2v) is 17.3. The number of rotatable bonds is 11. The van der Waals surface area contributed by atoms with Crippen LogP contribution in [0.5, 0.6) is 0 Å². The first-order valence-corrected chi connectivity index (χ1v) is 17.4. The summed E-state index contributed by atoms with van der Waals surface area (Å²) in [5, 5.41) is 4.21. The average molecular weight is 620 g/mol. The summed E-state index contributed by atoms with van der Waals surface area (Å²) in [6, 6.07) is 12.0. The van der Waals surface area contributed by atoms with E-state index in [0.717, 1.165) is 5.71 Å². The van der Waals surface area contributed by atoms with Gasteiger partial charge in [0, 0.05) is 42.8 Å². The SMILES string of the molecule is COC(CON=C1CN(c2ncc(-c3cccc(CO[Si-](C)(C)C(C)(C)C)c3F)cn2)C1)CN1C(=O)c2ccccc2C1=O. The molecule has 0 spiro atoms. The van der Waals surface area contributed by atoms with Gasteiger partial charge in [-0.3, -0.25) is 14.5 Å². The van der Waals surface area contributed by atoms with Crippen molar-refractivity contribution >= 4 is 31.8 Å². The van der Waals surface area contributed by atoms with E-state index in [1.807, 2.05) is 11.0 Å². The number of carbonyl (C=O) groups excluding carboxylic acids is 2. The molecule has 10 nitrogen and oxygen atoms in total. The molecule has 2 aliphatic heterocycles. The fraction of sp³-hybridized carbons (Fsp3) is 0.406. The van der Waals surface area contributed by atoms with Crippen LogP contribution in [0.2, 0.25) is 18.1 Å². The summed E-state index contributed by atoms with van der Waals surface area (Å²) in [7, 11) is -0.523. The number of carbonyl (C=O) groups is 2. The Morgan fingerprint density at radius 3 is 2.18 bits per heavy atom. The Morgan fingerprint density at radius 1 is 0.977 bits per heavy atom. The molecule has 2 amide bonds. The minimum absolute atomic E-state index is 0.0368. The van der Waals surface area contributed by atoms with Crippen molar-refractivity contribution < 1.29 is 28.0 Å². The Balaban J connectivity index is 1.12. The summed E-state index contributed by atoms with van der Waals surface area (Å²) < 4.78 is 27.1. The maximum atomic E-state index is 15.4. The zero-order valence-corrected chi connectivity index (χ0v) is 27.0. The van der Waals surface area contributed by atoms with Gasteiger partial charge < -0.3 is 18.9 Å². The molecule has 1 unspecified atom stereocenters. The Bertz CT molecular complexity index is 1530. The van der Waals surface area contributed by atoms with Gasteiger partial charge >= 0.3 is 0 Å². The number of amides is 2. The number of anilines is 1. The van der Waals surface area contributed by atoms with E-state index < -0.39 is 14.4 Å². The molecule has 233 valence electrons. The highest BCUT2D eigenvalue weighted by atomic mass is 28.4. The van der Waals surface area contributed by atoms with Crippen LogP contribution in [0.15, 0.2) is 60.0 Å². The van der Waals surface area contributed by atoms with Crippen molar-refractivity contribution in [3.63, 3.8) is 0 Å². The summed E-state index contributed by atoms with van der Waals surface area (Å²) in [6.45, 7) is 12.1. The van der Waals surface area contributed by atoms with Crippen LogP contribution in [-0.4, -0.2) is 80.2 Å². The Labute approximate surface area is 258 Å². The van der Waals surface area contributed by atoms with Crippen molar-refractivity contribution in [2.24, 2.45) is 5.16 Å². The number of fused-ring (bicyclic) bond motifs is 1. The van der Waals surface area contributed by atoms with Gasteiger partial charge in [0.1, 0.15) is 18.5 Å². The van der Waals surface area contributed by atoms with Crippen LogP contribution in [0.25, 0.3) is 11.1 Å². The average Bonchev–Trinajstić information content (AvgIpc) is 3.21. The van der Waals surface area contributed by atoms with Gasteiger partial charge in [-0.2, -0.15) is 0 Å². The number of imide groups is 1. The van der Waals surface area contributed by atoms with E-state index in [1.165, 1.54) is 12.0 Å². The maximum Gasteiger partial charge on any atom is 0.261 e. The van der Waals surface area contributed by atoms with Crippen LogP contribution < -0.4 is 4.90 Å². The van der Waals surface area contributed by atoms with Crippen molar-refractivity contribution in [1.82, 2.24) is 14.9 Å². The zero-order valence-electron chi connectivity index (χ0n) is 26.0. The molecule has 0 N–H and O–H groups in total. The molecular formula is C32H38FN5O5Si-. The first kappa shape index (κ1) is 31.4. The lowest BCUT2D eigenvalue weighted by Gasteiger charge is -2.48. The number of methoxy groups -OCH3 is 1. The highest BCUT2D eigenvalue weighted by Gasteiger charge is 2.36. The standard InChI is InChI=1S/C32H38FN5O5Si/c1-32(2,3)44(5,6)43-19-21-10-9-13-25(28(21)33)22-14-34-31(35-15-22)37-16-23(17-37)36-42-20-24(41-4)18-38-29(39)26-11-7-8-12-27(26)30(38)40/h7-15,24H,16-20H2,1-6H3/q-1. The van der Waals surface area contributed by atoms with Gasteiger partial charge in [-0.1, -0.05) is 56.3 Å². The lowest BCUT2D eigenvalue weighted by atomic mass is 10.1. The largest absolute Gasteiger partial charge is 0.561 e. The lowest BCUT2D eigenvalue weighted by Crippen LogP contribution is -2.48. The highest BCUT2D eigenvalue weighted by Crippen LogP contribution is 2.37. The lowest BCUT2D eigenvalue weighted by molar-refractivity contribution is -0.00399. The predicted molar refractivity (Wildman–Crippen MR) is 168 cm³/mol. The van der Waals surface area contributed by atoms with Gasteiger partial charge in [-0.25, -0.2) is 14.4 Å². The van der Waals surface area contributed by atoms with Crippen molar-refractivity contribution in [3.05, 3.63) is 77.4 Å². The number of benzene rings is 2. The van der Waals surface area contributed by atoms with Crippen LogP contribution in [-0.2, 0) is 20.6 Å². The third-order valence-corrected chi connectivity index (χ3v) is 13.0. The number of ether oxygens (including phenoxy) is 1. The molecular weight excluding hydrogens is 581 g/mol. The van der Waals surface area contributed by atoms with Gasteiger partial charge in [0.15, 0.2) is 0 Å². The molecule has 1 saturated heterocycles. The minimum atomic E-state index is -2.02. The van der Waals surface area contributed by atoms with E-state index in [9.17, 15) is 9.59 Å². The van der Waals surface area contributed by atoms with E-state index in [2.05, 4.69) is 49.0 Å². The van der Waals surface area contributed by atoms with Crippen LogP contribution in [0.3, 0.4) is 0 Å². The third-order valence-electron chi connectivity index (χ3n) is 8.50. The van der Waals surface area contributed by atoms with E-state index in [1.54, 1.807) is 48.8 Å². The molecule has 12 heteroatoms. The summed E-state index contributed by atoms with van der Waals surface area (Å²) in [5.74, 6) is -0.502. The first-order chi connectivity index (χ1) is 20.9. The van der Waals surface area contributed by atoms with Crippen LogP contribution in [0.1, 0.15) is 47.1 Å². The quantitative estimate of drug-likeness (QED) is 0.162. The van der Waals surface area contributed by atoms with E-state index >= 15 is 4.39 Å². The van der Waals surface area contributed by atoms with E-state index in [-0.39, 0.29) is 42.4 Å². The normalized spacial score (nSPS) is 15.8. The zero-order chi connectivity index (χ0) is 31.6. The second-order valence-electron chi connectivity index (χ2n) is 12.5. The number of nitrogens with zero attached hydrogens (tertiary/aromatic N) is 5. The van der Waals surface area contributed by atoms with Crippen molar-refractivity contribution in [2.45, 2.75) is 51.6 Å². The van der Waals surface area contributed by atoms with Gasteiger partial charge in [-0.15, -0.1) is 18.1 Å². The molecule has 1 aromatic heterocycles. The Morgan fingerprint density at radius 2 is 1.59 bits per heavy atom. The molecule has 2 aliphatic rings. The number of oxime groups is 1. The van der Waals surface area contributed by atoms with Crippen LogP contribution >= 0.6 is 0 Å². The molecule has 44 heavy (non-hydrogen) atoms. The topological polar surface area (TPSA) is 106 Å². The molecule has 0 aliphatic carbocycles. The summed E-state index contributed by atoms with van der Waals surface area (Å²) in [5.41, 5.74) is 3.10. The van der Waals surface area contributed by atoms with Crippen molar-refractivity contribution in [2.75, 3.05) is 38.3 Å². The third kappa shape index (κ3) is 6.42. The molecule has 5 rings (SSSR count). The first-order valence-electron chi connectivity index (χ1n) is 14.5. The van der Waals surface area contributed by atoms with Crippen LogP contribution in [0, 0.1) is 5.82 Å². The van der Waals surface area contributed by atoms with E-state index in [0.29, 0.717) is 46.9 Å². The summed E-state index contributed by atoms with van der Waals surface area (Å²) in [4.78, 5) is 42.7. The number of hydrogen-bond acceptors (Lipinski definition) is 9. The van der Waals surface area contributed by atoms with Crippen LogP contribution in [0.4, 0.5) is 10.3 Å². The van der Waals surface area contributed by atoms with Gasteiger partial charge in [0.05, 0.1) is 36.5 Å². The maximum absolute atomic E-state index is 15.4. The molecule has 1 atom stereocenters. The molecule has 0 saturated carbocycles. The van der Waals surface area contributed by atoms with Gasteiger partial charge in [0.25, 0.3) is 11.8 Å². The molecule has 1 fully saturated rings. The molecule has 0 bridgehead atoms. The molecule has 3 heterocycles. The molecule has 0 radical (unpaired) electrons. The Kier molecular flexibility index (Phi) is 8.96. The highest BCUT2D eigenvalue weighted by molar-refractivity contribution is 6.74. The Hall–Kier alpha value is -4.00. The summed E-state index contributed by atoms with van der Waals surface area (Å²) >= 11 is 0. The predicted octanol–water partition coefficient (Wildman–Crippen LogP) is 5.31. The number of aromatic nitrogens is 2. The summed E-state index contributed by atoms with van der Waals surface area (Å²) in [6.07, 6.45) is 2.70. The minimum Gasteiger partial charge on any atom is -0.561 e. The molecule has 3 aromatic rings. The number of halogens is 1. The van der Waals surface area contributed by atoms with Gasteiger partial charge in [0.2, 0.25) is 5.95 Å². The number of hydrogen-bond donors (Lipinski definition) is 0. The smallest absolute Gasteiger partial charge is 0.261 e.